The minimum Gasteiger partial charge on any atom is -0.309 e. The molecule has 1 amide bonds. The Morgan fingerprint density at radius 1 is 0.969 bits per heavy atom. The van der Waals surface area contributed by atoms with Gasteiger partial charge in [-0.2, -0.15) is 0 Å². The summed E-state index contributed by atoms with van der Waals surface area (Å²) in [5, 5.41) is 11.2. The van der Waals surface area contributed by atoms with Gasteiger partial charge in [-0.05, 0) is 61.6 Å². The molecule has 2 aliphatic carbocycles. The number of pyridine rings is 2. The number of amides is 1. The van der Waals surface area contributed by atoms with Crippen molar-refractivity contribution < 1.29 is 4.79 Å². The SMILES string of the molecule is O=C(Nc1cccc(-c2nncn2C2CC2)n1)c1cccc(-c2ccc(C3CC3)nc2)c1. The molecule has 0 atom stereocenters. The first-order valence-electron chi connectivity index (χ1n) is 11.0. The monoisotopic (exact) mass is 422 g/mol. The van der Waals surface area contributed by atoms with E-state index >= 15 is 0 Å². The molecular formula is C25H22N6O. The highest BCUT2D eigenvalue weighted by Gasteiger charge is 2.27. The Balaban J connectivity index is 1.21. The van der Waals surface area contributed by atoms with Gasteiger partial charge in [-0.3, -0.25) is 9.78 Å². The quantitative estimate of drug-likeness (QED) is 0.479. The van der Waals surface area contributed by atoms with E-state index in [1.165, 1.54) is 12.8 Å². The lowest BCUT2D eigenvalue weighted by Crippen LogP contribution is -2.13. The van der Waals surface area contributed by atoms with Crippen molar-refractivity contribution >= 4 is 11.7 Å². The van der Waals surface area contributed by atoms with Gasteiger partial charge in [-0.25, -0.2) is 4.98 Å². The zero-order valence-corrected chi connectivity index (χ0v) is 17.5. The third-order valence-corrected chi connectivity index (χ3v) is 5.97. The van der Waals surface area contributed by atoms with Gasteiger partial charge in [-0.1, -0.05) is 24.3 Å². The van der Waals surface area contributed by atoms with Gasteiger partial charge in [0.25, 0.3) is 5.91 Å². The van der Waals surface area contributed by atoms with E-state index in [9.17, 15) is 4.79 Å². The molecule has 0 spiro atoms. The molecular weight excluding hydrogens is 400 g/mol. The van der Waals surface area contributed by atoms with Gasteiger partial charge >= 0.3 is 0 Å². The van der Waals surface area contributed by atoms with Gasteiger partial charge in [0.15, 0.2) is 5.82 Å². The molecule has 2 saturated carbocycles. The molecule has 0 radical (unpaired) electrons. The molecule has 1 aromatic carbocycles. The van der Waals surface area contributed by atoms with E-state index in [2.05, 4.69) is 42.2 Å². The van der Waals surface area contributed by atoms with Crippen molar-refractivity contribution in [3.63, 3.8) is 0 Å². The summed E-state index contributed by atoms with van der Waals surface area (Å²) in [4.78, 5) is 22.1. The molecule has 0 aliphatic heterocycles. The molecule has 2 aliphatic rings. The van der Waals surface area contributed by atoms with Crippen LogP contribution in [0.4, 0.5) is 5.82 Å². The summed E-state index contributed by atoms with van der Waals surface area (Å²) in [6, 6.07) is 17.7. The van der Waals surface area contributed by atoms with Crippen molar-refractivity contribution in [2.75, 3.05) is 5.32 Å². The van der Waals surface area contributed by atoms with Gasteiger partial charge in [-0.15, -0.1) is 10.2 Å². The number of rotatable bonds is 6. The lowest BCUT2D eigenvalue weighted by Gasteiger charge is -2.09. The highest BCUT2D eigenvalue weighted by Crippen LogP contribution is 2.39. The molecule has 0 bridgehead atoms. The summed E-state index contributed by atoms with van der Waals surface area (Å²) in [6.07, 6.45) is 8.38. The van der Waals surface area contributed by atoms with E-state index in [-0.39, 0.29) is 5.91 Å². The van der Waals surface area contributed by atoms with E-state index in [1.54, 1.807) is 18.5 Å². The van der Waals surface area contributed by atoms with E-state index in [1.807, 2.05) is 36.5 Å². The first kappa shape index (κ1) is 18.9. The fourth-order valence-corrected chi connectivity index (χ4v) is 3.90. The predicted molar refractivity (Wildman–Crippen MR) is 121 cm³/mol. The zero-order valence-electron chi connectivity index (χ0n) is 17.5. The Morgan fingerprint density at radius 2 is 1.84 bits per heavy atom. The second-order valence-electron chi connectivity index (χ2n) is 8.48. The maximum Gasteiger partial charge on any atom is 0.256 e. The number of benzene rings is 1. The van der Waals surface area contributed by atoms with Crippen LogP contribution in [0.3, 0.4) is 0 Å². The van der Waals surface area contributed by atoms with Crippen LogP contribution < -0.4 is 5.32 Å². The molecule has 3 aromatic heterocycles. The lowest BCUT2D eigenvalue weighted by atomic mass is 10.0. The van der Waals surface area contributed by atoms with E-state index in [0.29, 0.717) is 29.0 Å². The molecule has 1 N–H and O–H groups in total. The largest absolute Gasteiger partial charge is 0.309 e. The van der Waals surface area contributed by atoms with Crippen LogP contribution in [-0.2, 0) is 0 Å². The summed E-state index contributed by atoms with van der Waals surface area (Å²) < 4.78 is 2.06. The zero-order chi connectivity index (χ0) is 21.5. The van der Waals surface area contributed by atoms with E-state index in [4.69, 9.17) is 0 Å². The first-order valence-corrected chi connectivity index (χ1v) is 11.0. The van der Waals surface area contributed by atoms with Gasteiger partial charge in [0.05, 0.1) is 0 Å². The van der Waals surface area contributed by atoms with E-state index < -0.39 is 0 Å². The van der Waals surface area contributed by atoms with Gasteiger partial charge < -0.3 is 9.88 Å². The molecule has 7 heteroatoms. The smallest absolute Gasteiger partial charge is 0.256 e. The van der Waals surface area contributed by atoms with E-state index in [0.717, 1.165) is 35.5 Å². The lowest BCUT2D eigenvalue weighted by molar-refractivity contribution is 0.102. The maximum absolute atomic E-state index is 12.9. The van der Waals surface area contributed by atoms with Crippen molar-refractivity contribution in [2.45, 2.75) is 37.6 Å². The highest BCUT2D eigenvalue weighted by molar-refractivity contribution is 6.04. The van der Waals surface area contributed by atoms with Crippen molar-refractivity contribution in [3.05, 3.63) is 78.4 Å². The highest BCUT2D eigenvalue weighted by atomic mass is 16.1. The third kappa shape index (κ3) is 3.77. The molecule has 7 nitrogen and oxygen atoms in total. The minimum atomic E-state index is -0.206. The Hall–Kier alpha value is -3.87. The molecule has 0 unspecified atom stereocenters. The van der Waals surface area contributed by atoms with Gasteiger partial charge in [0.1, 0.15) is 17.8 Å². The number of hydrogen-bond acceptors (Lipinski definition) is 5. The number of aromatic nitrogens is 5. The van der Waals surface area contributed by atoms with Crippen molar-refractivity contribution in [1.82, 2.24) is 24.7 Å². The number of carbonyl (C=O) groups is 1. The molecule has 6 rings (SSSR count). The summed E-state index contributed by atoms with van der Waals surface area (Å²) in [5.74, 6) is 1.64. The standard InChI is InChI=1S/C25H22N6O/c32-25(18-4-1-3-17(13-18)19-9-12-21(26-14-19)16-7-8-16)29-23-6-2-5-22(28-23)24-30-27-15-31(24)20-10-11-20/h1-6,9,12-16,20H,7-8,10-11H2,(H,28,29,32). The second-order valence-corrected chi connectivity index (χ2v) is 8.48. The van der Waals surface area contributed by atoms with Crippen LogP contribution in [0.5, 0.6) is 0 Å². The summed E-state index contributed by atoms with van der Waals surface area (Å²) in [7, 11) is 0. The van der Waals surface area contributed by atoms with Crippen LogP contribution >= 0.6 is 0 Å². The topological polar surface area (TPSA) is 85.6 Å². The Bertz CT molecular complexity index is 1290. The minimum absolute atomic E-state index is 0.206. The number of nitrogens with one attached hydrogen (secondary N) is 1. The maximum atomic E-state index is 12.9. The fraction of sp³-hybridized carbons (Fsp3) is 0.240. The van der Waals surface area contributed by atoms with Gasteiger partial charge in [0.2, 0.25) is 0 Å². The van der Waals surface area contributed by atoms with Crippen LogP contribution in [0.2, 0.25) is 0 Å². The molecule has 4 aromatic rings. The van der Waals surface area contributed by atoms with Crippen LogP contribution in [0.1, 0.15) is 53.7 Å². The Morgan fingerprint density at radius 3 is 2.62 bits per heavy atom. The molecule has 2 fully saturated rings. The van der Waals surface area contributed by atoms with Crippen LogP contribution in [-0.4, -0.2) is 30.6 Å². The second kappa shape index (κ2) is 7.67. The van der Waals surface area contributed by atoms with Crippen LogP contribution in [0.15, 0.2) is 67.1 Å². The molecule has 0 saturated heterocycles. The molecule has 32 heavy (non-hydrogen) atoms. The fourth-order valence-electron chi connectivity index (χ4n) is 3.90. The van der Waals surface area contributed by atoms with Crippen molar-refractivity contribution in [2.24, 2.45) is 0 Å². The number of nitrogens with zero attached hydrogens (tertiary/aromatic N) is 5. The number of hydrogen-bond donors (Lipinski definition) is 1. The van der Waals surface area contributed by atoms with Crippen LogP contribution in [0.25, 0.3) is 22.6 Å². The predicted octanol–water partition coefficient (Wildman–Crippen LogP) is 4.87. The van der Waals surface area contributed by atoms with Crippen LogP contribution in [0, 0.1) is 0 Å². The first-order chi connectivity index (χ1) is 15.7. The average Bonchev–Trinajstić information content (AvgIpc) is 3.78. The van der Waals surface area contributed by atoms with Crippen molar-refractivity contribution in [1.29, 1.82) is 0 Å². The van der Waals surface area contributed by atoms with Gasteiger partial charge in [0, 0.05) is 35.0 Å². The molecule has 158 valence electrons. The summed E-state index contributed by atoms with van der Waals surface area (Å²) in [6.45, 7) is 0. The third-order valence-electron chi connectivity index (χ3n) is 5.97. The average molecular weight is 422 g/mol. The Labute approximate surface area is 185 Å². The van der Waals surface area contributed by atoms with Crippen molar-refractivity contribution in [3.8, 4) is 22.6 Å². The summed E-state index contributed by atoms with van der Waals surface area (Å²) >= 11 is 0. The number of anilines is 1. The number of carbonyl (C=O) groups excluding carboxylic acids is 1. The normalized spacial score (nSPS) is 15.5. The Kier molecular flexibility index (Phi) is 4.52. The summed E-state index contributed by atoms with van der Waals surface area (Å²) in [5.41, 5.74) is 4.39. The molecule has 3 heterocycles.